The molecule has 3 heterocycles. The first-order valence-electron chi connectivity index (χ1n) is 5.27. The molecule has 88 valence electrons. The fourth-order valence-corrected chi connectivity index (χ4v) is 1.91. The van der Waals surface area contributed by atoms with Crippen molar-refractivity contribution in [3.8, 4) is 17.4 Å². The van der Waals surface area contributed by atoms with Gasteiger partial charge < -0.3 is 4.42 Å². The van der Waals surface area contributed by atoms with Crippen LogP contribution in [-0.4, -0.2) is 14.6 Å². The molecule has 0 radical (unpaired) electrons. The number of rotatable bonds is 1. The number of nitrogens with one attached hydrogen (secondary N) is 1. The molecule has 3 rings (SSSR count). The zero-order valence-electron chi connectivity index (χ0n) is 9.47. The zero-order valence-corrected chi connectivity index (χ0v) is 9.47. The van der Waals surface area contributed by atoms with Gasteiger partial charge in [0.25, 0.3) is 5.56 Å². The van der Waals surface area contributed by atoms with Gasteiger partial charge in [0.15, 0.2) is 5.65 Å². The summed E-state index contributed by atoms with van der Waals surface area (Å²) in [6, 6.07) is 5.39. The van der Waals surface area contributed by atoms with Crippen molar-refractivity contribution in [2.24, 2.45) is 0 Å². The highest BCUT2D eigenvalue weighted by Gasteiger charge is 2.16. The van der Waals surface area contributed by atoms with E-state index in [0.29, 0.717) is 28.2 Å². The second-order valence-corrected chi connectivity index (χ2v) is 3.81. The Kier molecular flexibility index (Phi) is 2.07. The lowest BCUT2D eigenvalue weighted by Crippen LogP contribution is -2.18. The number of H-pyrrole nitrogens is 1. The second-order valence-electron chi connectivity index (χ2n) is 3.81. The Hall–Kier alpha value is -2.81. The molecule has 0 aliphatic heterocycles. The molecule has 3 aromatic rings. The van der Waals surface area contributed by atoms with Gasteiger partial charge in [-0.3, -0.25) is 9.89 Å². The van der Waals surface area contributed by atoms with Crippen LogP contribution >= 0.6 is 0 Å². The topological polar surface area (TPSA) is 87.1 Å². The molecule has 18 heavy (non-hydrogen) atoms. The molecule has 0 amide bonds. The number of nitrogens with zero attached hydrogens (tertiary/aromatic N) is 3. The smallest absolute Gasteiger partial charge is 0.284 e. The highest BCUT2D eigenvalue weighted by molar-refractivity contribution is 5.63. The number of fused-ring (bicyclic) bond motifs is 1. The molecule has 0 bridgehead atoms. The van der Waals surface area contributed by atoms with Crippen LogP contribution in [0.25, 0.3) is 17.0 Å². The zero-order chi connectivity index (χ0) is 12.7. The van der Waals surface area contributed by atoms with E-state index in [0.717, 1.165) is 0 Å². The largest absolute Gasteiger partial charge is 0.464 e. The van der Waals surface area contributed by atoms with Gasteiger partial charge in [0.2, 0.25) is 0 Å². The van der Waals surface area contributed by atoms with Crippen LogP contribution in [0.1, 0.15) is 11.3 Å². The van der Waals surface area contributed by atoms with Gasteiger partial charge in [-0.2, -0.15) is 9.78 Å². The third-order valence-electron chi connectivity index (χ3n) is 2.73. The Labute approximate surface area is 101 Å². The highest BCUT2D eigenvalue weighted by Crippen LogP contribution is 2.19. The summed E-state index contributed by atoms with van der Waals surface area (Å²) in [5.41, 5.74) is 1.31. The number of hydrogen-bond acceptors (Lipinski definition) is 4. The van der Waals surface area contributed by atoms with Gasteiger partial charge in [-0.1, -0.05) is 0 Å². The summed E-state index contributed by atoms with van der Waals surface area (Å²) in [6.45, 7) is 1.72. The standard InChI is InChI=1S/C12H8N4O2/c1-7-10(9-3-2-4-18-9)12(17)16-11(15-7)8(5-13)6-14-16/h2-4,6,14H,1H3. The quantitative estimate of drug-likeness (QED) is 0.697. The molecule has 0 atom stereocenters. The minimum atomic E-state index is -0.283. The molecule has 6 heteroatoms. The Morgan fingerprint density at radius 2 is 2.39 bits per heavy atom. The van der Waals surface area contributed by atoms with Gasteiger partial charge in [-0.15, -0.1) is 0 Å². The Morgan fingerprint density at radius 1 is 1.56 bits per heavy atom. The number of aryl methyl sites for hydroxylation is 1. The van der Waals surface area contributed by atoms with E-state index in [1.807, 2.05) is 6.07 Å². The van der Waals surface area contributed by atoms with Crippen LogP contribution in [0.4, 0.5) is 0 Å². The minimum absolute atomic E-state index is 0.283. The van der Waals surface area contributed by atoms with Gasteiger partial charge >= 0.3 is 0 Å². The van der Waals surface area contributed by atoms with Crippen molar-refractivity contribution in [3.63, 3.8) is 0 Å². The average Bonchev–Trinajstić information content (AvgIpc) is 2.97. The molecule has 0 saturated carbocycles. The maximum Gasteiger partial charge on any atom is 0.284 e. The van der Waals surface area contributed by atoms with Gasteiger partial charge in [-0.25, -0.2) is 4.98 Å². The summed E-state index contributed by atoms with van der Waals surface area (Å²) in [7, 11) is 0. The lowest BCUT2D eigenvalue weighted by molar-refractivity contribution is 0.580. The van der Waals surface area contributed by atoms with Gasteiger partial charge in [0, 0.05) is 6.20 Å². The molecule has 0 aliphatic carbocycles. The first-order valence-corrected chi connectivity index (χ1v) is 5.27. The van der Waals surface area contributed by atoms with Crippen molar-refractivity contribution in [2.45, 2.75) is 6.92 Å². The summed E-state index contributed by atoms with van der Waals surface area (Å²) in [4.78, 5) is 16.6. The molecular weight excluding hydrogens is 232 g/mol. The Morgan fingerprint density at radius 3 is 3.06 bits per heavy atom. The van der Waals surface area contributed by atoms with Crippen molar-refractivity contribution in [3.05, 3.63) is 46.2 Å². The van der Waals surface area contributed by atoms with Crippen LogP contribution in [-0.2, 0) is 0 Å². The lowest BCUT2D eigenvalue weighted by atomic mass is 10.2. The summed E-state index contributed by atoms with van der Waals surface area (Å²) < 4.78 is 6.47. The third-order valence-corrected chi connectivity index (χ3v) is 2.73. The predicted octanol–water partition coefficient (Wildman–Crippen LogP) is 1.46. The molecule has 0 spiro atoms. The summed E-state index contributed by atoms with van der Waals surface area (Å²) in [5.74, 6) is 0.465. The Balaban J connectivity index is 2.44. The van der Waals surface area contributed by atoms with Crippen LogP contribution in [0.2, 0.25) is 0 Å². The highest BCUT2D eigenvalue weighted by atomic mass is 16.3. The minimum Gasteiger partial charge on any atom is -0.464 e. The van der Waals surface area contributed by atoms with Crippen molar-refractivity contribution >= 4 is 5.65 Å². The molecular formula is C12H8N4O2. The number of nitriles is 1. The monoisotopic (exact) mass is 240 g/mol. The van der Waals surface area contributed by atoms with Crippen LogP contribution in [0.5, 0.6) is 0 Å². The van der Waals surface area contributed by atoms with E-state index in [-0.39, 0.29) is 5.56 Å². The molecule has 0 aromatic carbocycles. The van der Waals surface area contributed by atoms with E-state index < -0.39 is 0 Å². The van der Waals surface area contributed by atoms with Crippen molar-refractivity contribution in [2.75, 3.05) is 0 Å². The molecule has 1 N–H and O–H groups in total. The lowest BCUT2D eigenvalue weighted by Gasteiger charge is -2.02. The first-order chi connectivity index (χ1) is 8.72. The molecule has 0 fully saturated rings. The normalized spacial score (nSPS) is 10.7. The van der Waals surface area contributed by atoms with E-state index in [1.165, 1.54) is 17.0 Å². The van der Waals surface area contributed by atoms with Crippen LogP contribution in [0, 0.1) is 18.3 Å². The molecule has 0 saturated heterocycles. The number of aromatic nitrogens is 3. The van der Waals surface area contributed by atoms with Crippen molar-refractivity contribution < 1.29 is 4.42 Å². The van der Waals surface area contributed by atoms with Crippen molar-refractivity contribution in [1.29, 1.82) is 5.26 Å². The Bertz CT molecular complexity index is 818. The maximum atomic E-state index is 12.3. The second kappa shape index (κ2) is 3.60. The third kappa shape index (κ3) is 1.28. The molecule has 6 nitrogen and oxygen atoms in total. The first kappa shape index (κ1) is 10.4. The maximum absolute atomic E-state index is 12.3. The van der Waals surface area contributed by atoms with Crippen molar-refractivity contribution in [1.82, 2.24) is 14.6 Å². The van der Waals surface area contributed by atoms with Gasteiger partial charge in [-0.05, 0) is 19.1 Å². The molecule has 0 aliphatic rings. The number of hydrogen-bond donors (Lipinski definition) is 1. The van der Waals surface area contributed by atoms with E-state index in [2.05, 4.69) is 10.1 Å². The van der Waals surface area contributed by atoms with Gasteiger partial charge in [0.1, 0.15) is 23.0 Å². The average molecular weight is 240 g/mol. The van der Waals surface area contributed by atoms with Crippen LogP contribution in [0.15, 0.2) is 33.8 Å². The molecule has 0 unspecified atom stereocenters. The fraction of sp³-hybridized carbons (Fsp3) is 0.0833. The van der Waals surface area contributed by atoms with Gasteiger partial charge in [0.05, 0.1) is 12.0 Å². The summed E-state index contributed by atoms with van der Waals surface area (Å²) in [5, 5.41) is 11.6. The van der Waals surface area contributed by atoms with Crippen LogP contribution < -0.4 is 5.56 Å². The SMILES string of the molecule is Cc1nc2c(C#N)c[nH]n2c(=O)c1-c1ccco1. The predicted molar refractivity (Wildman–Crippen MR) is 63.0 cm³/mol. The number of aromatic amines is 1. The molecule has 3 aromatic heterocycles. The summed E-state index contributed by atoms with van der Waals surface area (Å²) >= 11 is 0. The van der Waals surface area contributed by atoms with E-state index >= 15 is 0 Å². The van der Waals surface area contributed by atoms with E-state index in [1.54, 1.807) is 19.1 Å². The number of furan rings is 1. The fourth-order valence-electron chi connectivity index (χ4n) is 1.91. The van der Waals surface area contributed by atoms with E-state index in [9.17, 15) is 4.79 Å². The summed E-state index contributed by atoms with van der Waals surface area (Å²) in [6.07, 6.45) is 2.95. The van der Waals surface area contributed by atoms with E-state index in [4.69, 9.17) is 9.68 Å². The van der Waals surface area contributed by atoms with Crippen LogP contribution in [0.3, 0.4) is 0 Å².